The van der Waals surface area contributed by atoms with E-state index in [1.54, 1.807) is 0 Å². The van der Waals surface area contributed by atoms with Crippen molar-refractivity contribution in [3.05, 3.63) is 0 Å². The SMILES string of the molecule is CC.O=S(=O)(N(CCO)CCO)C(F)(F)C(F)(F)C(F)(F)C(F)(F)F. The van der Waals surface area contributed by atoms with Crippen LogP contribution in [0.15, 0.2) is 0 Å². The third-order valence-electron chi connectivity index (χ3n) is 2.48. The molecule has 154 valence electrons. The fraction of sp³-hybridized carbons (Fsp3) is 1.00. The van der Waals surface area contributed by atoms with E-state index in [-0.39, 0.29) is 0 Å². The highest BCUT2D eigenvalue weighted by Crippen LogP contribution is 2.55. The number of aliphatic hydroxyl groups excluding tert-OH is 2. The van der Waals surface area contributed by atoms with Gasteiger partial charge in [0, 0.05) is 13.1 Å². The first-order valence-electron chi connectivity index (χ1n) is 6.44. The van der Waals surface area contributed by atoms with Crippen LogP contribution in [-0.4, -0.2) is 72.5 Å². The summed E-state index contributed by atoms with van der Waals surface area (Å²) in [5, 5.41) is 10.0. The van der Waals surface area contributed by atoms with Gasteiger partial charge in [-0.1, -0.05) is 13.8 Å². The Labute approximate surface area is 137 Å². The Hall–Kier alpha value is -0.800. The van der Waals surface area contributed by atoms with Gasteiger partial charge in [-0.05, 0) is 0 Å². The minimum absolute atomic E-state index is 0.729. The maximum atomic E-state index is 13.4. The van der Waals surface area contributed by atoms with E-state index in [4.69, 9.17) is 10.2 Å². The Morgan fingerprint density at radius 1 is 0.760 bits per heavy atom. The molecule has 0 radical (unpaired) electrons. The molecule has 0 saturated carbocycles. The highest BCUT2D eigenvalue weighted by Gasteiger charge is 2.85. The van der Waals surface area contributed by atoms with Crippen molar-refractivity contribution in [2.75, 3.05) is 26.3 Å². The topological polar surface area (TPSA) is 77.8 Å². The summed E-state index contributed by atoms with van der Waals surface area (Å²) >= 11 is 0. The smallest absolute Gasteiger partial charge is 0.395 e. The lowest BCUT2D eigenvalue weighted by Crippen LogP contribution is -2.65. The van der Waals surface area contributed by atoms with Crippen molar-refractivity contribution < 1.29 is 58.1 Å². The fourth-order valence-corrected chi connectivity index (χ4v) is 2.68. The lowest BCUT2D eigenvalue weighted by atomic mass is 10.1. The van der Waals surface area contributed by atoms with Crippen molar-refractivity contribution in [3.63, 3.8) is 0 Å². The molecule has 0 atom stereocenters. The van der Waals surface area contributed by atoms with Gasteiger partial charge in [0.05, 0.1) is 13.2 Å². The molecule has 0 fully saturated rings. The number of aliphatic hydroxyl groups is 2. The summed E-state index contributed by atoms with van der Waals surface area (Å²) in [7, 11) is -6.78. The van der Waals surface area contributed by atoms with Gasteiger partial charge >= 0.3 is 23.3 Å². The molecule has 0 aliphatic heterocycles. The zero-order valence-corrected chi connectivity index (χ0v) is 13.6. The highest BCUT2D eigenvalue weighted by atomic mass is 32.2. The molecule has 0 spiro atoms. The van der Waals surface area contributed by atoms with Gasteiger partial charge in [0.1, 0.15) is 0 Å². The van der Waals surface area contributed by atoms with Crippen LogP contribution in [0.3, 0.4) is 0 Å². The molecule has 0 aromatic heterocycles. The first kappa shape index (κ1) is 26.4. The molecule has 25 heavy (non-hydrogen) atoms. The largest absolute Gasteiger partial charge is 0.460 e. The number of rotatable bonds is 8. The predicted octanol–water partition coefficient (Wildman–Crippen LogP) is 2.05. The summed E-state index contributed by atoms with van der Waals surface area (Å²) in [6.45, 7) is -1.19. The number of hydrogen-bond donors (Lipinski definition) is 2. The number of sulfonamides is 1. The van der Waals surface area contributed by atoms with Gasteiger partial charge in [0.25, 0.3) is 10.0 Å². The van der Waals surface area contributed by atoms with E-state index >= 15 is 0 Å². The van der Waals surface area contributed by atoms with E-state index in [0.717, 1.165) is 0 Å². The lowest BCUT2D eigenvalue weighted by molar-refractivity contribution is -0.382. The fourth-order valence-electron chi connectivity index (χ4n) is 1.26. The molecule has 0 amide bonds. The summed E-state index contributed by atoms with van der Waals surface area (Å²) in [6, 6.07) is 0. The van der Waals surface area contributed by atoms with Crippen LogP contribution >= 0.6 is 0 Å². The molecular weight excluding hydrogens is 401 g/mol. The average molecular weight is 417 g/mol. The molecule has 0 rings (SSSR count). The van der Waals surface area contributed by atoms with Crippen molar-refractivity contribution >= 4 is 10.0 Å². The monoisotopic (exact) mass is 417 g/mol. The second-order valence-corrected chi connectivity index (χ2v) is 5.99. The van der Waals surface area contributed by atoms with E-state index < -0.39 is 63.9 Å². The normalized spacial score (nSPS) is 14.3. The average Bonchev–Trinajstić information content (AvgIpc) is 2.47. The molecule has 5 nitrogen and oxygen atoms in total. The van der Waals surface area contributed by atoms with E-state index in [1.165, 1.54) is 0 Å². The Morgan fingerprint density at radius 3 is 1.32 bits per heavy atom. The molecule has 0 aliphatic carbocycles. The standard InChI is InChI=1S/C8H10F9NO4S.C2H6/c9-5(10,7(13,14)15)6(11,12)8(16,17)23(21,22)18(1-3-19)2-4-20;1-2/h19-20H,1-4H2;1-2H3. The second-order valence-electron chi connectivity index (χ2n) is 4.01. The molecule has 0 aromatic rings. The first-order chi connectivity index (χ1) is 11.0. The zero-order chi connectivity index (χ0) is 20.9. The van der Waals surface area contributed by atoms with Crippen molar-refractivity contribution in [1.82, 2.24) is 4.31 Å². The Bertz CT molecular complexity index is 501. The quantitative estimate of drug-likeness (QED) is 0.593. The van der Waals surface area contributed by atoms with Gasteiger partial charge in [-0.15, -0.1) is 0 Å². The van der Waals surface area contributed by atoms with Crippen molar-refractivity contribution in [2.45, 2.75) is 37.1 Å². The molecule has 0 bridgehead atoms. The van der Waals surface area contributed by atoms with Gasteiger partial charge in [0.2, 0.25) is 0 Å². The van der Waals surface area contributed by atoms with E-state index in [9.17, 15) is 47.9 Å². The second kappa shape index (κ2) is 8.73. The van der Waals surface area contributed by atoms with Gasteiger partial charge in [0.15, 0.2) is 0 Å². The van der Waals surface area contributed by atoms with Crippen molar-refractivity contribution in [3.8, 4) is 0 Å². The molecule has 0 heterocycles. The van der Waals surface area contributed by atoms with Crippen LogP contribution in [0.25, 0.3) is 0 Å². The van der Waals surface area contributed by atoms with Crippen LogP contribution < -0.4 is 0 Å². The van der Waals surface area contributed by atoms with Crippen LogP contribution in [0.5, 0.6) is 0 Å². The van der Waals surface area contributed by atoms with Gasteiger partial charge in [-0.3, -0.25) is 0 Å². The van der Waals surface area contributed by atoms with Gasteiger partial charge in [-0.2, -0.15) is 43.8 Å². The van der Waals surface area contributed by atoms with E-state index in [2.05, 4.69) is 0 Å². The summed E-state index contributed by atoms with van der Waals surface area (Å²) in [5.74, 6) is -14.7. The number of nitrogens with zero attached hydrogens (tertiary/aromatic N) is 1. The summed E-state index contributed by atoms with van der Waals surface area (Å²) in [6.07, 6.45) is -7.16. The van der Waals surface area contributed by atoms with E-state index in [0.29, 0.717) is 0 Å². The molecule has 15 heteroatoms. The van der Waals surface area contributed by atoms with Crippen LogP contribution in [0.2, 0.25) is 0 Å². The first-order valence-corrected chi connectivity index (χ1v) is 7.88. The third kappa shape index (κ3) is 4.68. The number of hydrogen-bond acceptors (Lipinski definition) is 4. The van der Waals surface area contributed by atoms with Crippen LogP contribution in [0, 0.1) is 0 Å². The molecular formula is C10H16F9NO4S. The van der Waals surface area contributed by atoms with Crippen LogP contribution in [-0.2, 0) is 10.0 Å². The minimum Gasteiger partial charge on any atom is -0.395 e. The minimum atomic E-state index is -7.36. The molecule has 2 N–H and O–H groups in total. The summed E-state index contributed by atoms with van der Waals surface area (Å²) in [5.41, 5.74) is 0. The summed E-state index contributed by atoms with van der Waals surface area (Å²) in [4.78, 5) is 0. The number of alkyl halides is 9. The highest BCUT2D eigenvalue weighted by molar-refractivity contribution is 7.90. The van der Waals surface area contributed by atoms with Crippen LogP contribution in [0.4, 0.5) is 39.5 Å². The van der Waals surface area contributed by atoms with Crippen molar-refractivity contribution in [2.24, 2.45) is 0 Å². The molecule has 0 saturated heterocycles. The van der Waals surface area contributed by atoms with Gasteiger partial charge in [-0.25, -0.2) is 8.42 Å². The maximum absolute atomic E-state index is 13.4. The Kier molecular flexibility index (Phi) is 9.22. The Morgan fingerprint density at radius 2 is 1.08 bits per heavy atom. The predicted molar refractivity (Wildman–Crippen MR) is 66.9 cm³/mol. The number of halogens is 9. The van der Waals surface area contributed by atoms with E-state index in [1.807, 2.05) is 13.8 Å². The third-order valence-corrected chi connectivity index (χ3v) is 4.43. The summed E-state index contributed by atoms with van der Waals surface area (Å²) < 4.78 is 136. The zero-order valence-electron chi connectivity index (χ0n) is 12.8. The van der Waals surface area contributed by atoms with Crippen LogP contribution in [0.1, 0.15) is 13.8 Å². The van der Waals surface area contributed by atoms with Gasteiger partial charge < -0.3 is 10.2 Å². The molecule has 0 aromatic carbocycles. The van der Waals surface area contributed by atoms with Crippen molar-refractivity contribution in [1.29, 1.82) is 0 Å². The molecule has 0 aliphatic rings. The maximum Gasteiger partial charge on any atom is 0.460 e. The Balaban J connectivity index is 0. The lowest BCUT2D eigenvalue weighted by Gasteiger charge is -2.35. The molecule has 0 unspecified atom stereocenters.